The smallest absolute Gasteiger partial charge is 0.219 e. The second kappa shape index (κ2) is 4.26. The summed E-state index contributed by atoms with van der Waals surface area (Å²) in [6.45, 7) is 6.88. The van der Waals surface area contributed by atoms with Crippen LogP contribution in [0.4, 0.5) is 4.48 Å². The zero-order valence-electron chi connectivity index (χ0n) is 9.22. The molecule has 14 heavy (non-hydrogen) atoms. The van der Waals surface area contributed by atoms with Crippen LogP contribution in [-0.4, -0.2) is 41.1 Å². The molecule has 82 valence electrons. The minimum atomic E-state index is -0.126. The molecule has 1 heterocycles. The first-order valence-electron chi connectivity index (χ1n) is 5.33. The van der Waals surface area contributed by atoms with Gasteiger partial charge in [-0.1, -0.05) is 13.8 Å². The summed E-state index contributed by atoms with van der Waals surface area (Å²) in [6, 6.07) is 0. The van der Waals surface area contributed by atoms with Crippen LogP contribution < -0.4 is 0 Å². The largest absolute Gasteiger partial charge is 0.334 e. The zero-order chi connectivity index (χ0) is 10.8. The summed E-state index contributed by atoms with van der Waals surface area (Å²) in [5.74, 6) is 0.0839. The molecule has 0 bridgehead atoms. The average Bonchev–Trinajstić information content (AvgIpc) is 2.88. The Morgan fingerprint density at radius 1 is 1.29 bits per heavy atom. The molecule has 0 N–H and O–H groups in total. The first-order valence-corrected chi connectivity index (χ1v) is 5.33. The summed E-state index contributed by atoms with van der Waals surface area (Å²) in [4.78, 5) is 13.0. The van der Waals surface area contributed by atoms with Crippen LogP contribution in [0.2, 0.25) is 0 Å². The highest BCUT2D eigenvalue weighted by Gasteiger charge is 2.52. The lowest BCUT2D eigenvalue weighted by Gasteiger charge is -2.37. The van der Waals surface area contributed by atoms with Gasteiger partial charge in [0, 0.05) is 20.0 Å². The monoisotopic (exact) mass is 202 g/mol. The maximum absolute atomic E-state index is 12.9. The van der Waals surface area contributed by atoms with Crippen molar-refractivity contribution < 1.29 is 9.28 Å². The van der Waals surface area contributed by atoms with Gasteiger partial charge in [-0.2, -0.15) is 0 Å². The summed E-state index contributed by atoms with van der Waals surface area (Å²) in [6.07, 6.45) is 1.93. The van der Waals surface area contributed by atoms with Crippen LogP contribution in [0.1, 0.15) is 33.6 Å². The van der Waals surface area contributed by atoms with Crippen molar-refractivity contribution in [3.8, 4) is 0 Å². The van der Waals surface area contributed by atoms with Gasteiger partial charge < -0.3 is 4.90 Å². The van der Waals surface area contributed by atoms with Gasteiger partial charge in [-0.25, -0.2) is 0 Å². The van der Waals surface area contributed by atoms with Crippen molar-refractivity contribution in [2.24, 2.45) is 0 Å². The van der Waals surface area contributed by atoms with Gasteiger partial charge in [0.25, 0.3) is 0 Å². The molecule has 0 aromatic rings. The van der Waals surface area contributed by atoms with Crippen LogP contribution >= 0.6 is 0 Å². The topological polar surface area (TPSA) is 23.6 Å². The van der Waals surface area contributed by atoms with E-state index < -0.39 is 0 Å². The molecule has 0 atom stereocenters. The summed E-state index contributed by atoms with van der Waals surface area (Å²) in [5, 5.41) is 0.826. The van der Waals surface area contributed by atoms with Crippen LogP contribution in [-0.2, 0) is 4.79 Å². The van der Waals surface area contributed by atoms with Crippen LogP contribution in [0, 0.1) is 0 Å². The number of hydrogen-bond donors (Lipinski definition) is 0. The van der Waals surface area contributed by atoms with Crippen LogP contribution in [0.15, 0.2) is 0 Å². The third-order valence-corrected chi connectivity index (χ3v) is 2.81. The number of nitrogens with zero attached hydrogens (tertiary/aromatic N) is 2. The molecule has 1 aliphatic carbocycles. The van der Waals surface area contributed by atoms with Crippen LogP contribution in [0.25, 0.3) is 0 Å². The lowest BCUT2D eigenvalue weighted by atomic mass is 10.1. The molecule has 4 heteroatoms. The first-order chi connectivity index (χ1) is 6.64. The predicted octanol–water partition coefficient (Wildman–Crippen LogP) is 1.59. The molecule has 1 aliphatic heterocycles. The second-order valence-corrected chi connectivity index (χ2v) is 3.74. The summed E-state index contributed by atoms with van der Waals surface area (Å²) < 4.78 is 12.9. The second-order valence-electron chi connectivity index (χ2n) is 3.74. The summed E-state index contributed by atoms with van der Waals surface area (Å²) in [7, 11) is 0. The Balaban J connectivity index is 0.000000461. The molecule has 1 saturated carbocycles. The zero-order valence-corrected chi connectivity index (χ0v) is 9.22. The Morgan fingerprint density at radius 2 is 1.86 bits per heavy atom. The van der Waals surface area contributed by atoms with Gasteiger partial charge in [0.2, 0.25) is 5.91 Å². The van der Waals surface area contributed by atoms with Crippen molar-refractivity contribution in [1.82, 2.24) is 10.0 Å². The van der Waals surface area contributed by atoms with E-state index in [9.17, 15) is 9.28 Å². The maximum Gasteiger partial charge on any atom is 0.219 e. The molecule has 0 aromatic carbocycles. The van der Waals surface area contributed by atoms with E-state index in [4.69, 9.17) is 0 Å². The lowest BCUT2D eigenvalue weighted by molar-refractivity contribution is -0.140. The Morgan fingerprint density at radius 3 is 2.29 bits per heavy atom. The number of piperazine rings is 1. The fraction of sp³-hybridized carbons (Fsp3) is 0.900. The molecular weight excluding hydrogens is 183 g/mol. The van der Waals surface area contributed by atoms with E-state index in [2.05, 4.69) is 0 Å². The van der Waals surface area contributed by atoms with Crippen molar-refractivity contribution in [1.29, 1.82) is 0 Å². The Bertz CT molecular complexity index is 216. The number of hydrogen-bond acceptors (Lipinski definition) is 2. The Kier molecular flexibility index (Phi) is 3.48. The van der Waals surface area contributed by atoms with E-state index in [1.807, 2.05) is 18.7 Å². The van der Waals surface area contributed by atoms with Crippen molar-refractivity contribution in [2.45, 2.75) is 39.2 Å². The van der Waals surface area contributed by atoms with Crippen molar-refractivity contribution in [3.05, 3.63) is 0 Å². The maximum atomic E-state index is 12.9. The fourth-order valence-electron chi connectivity index (χ4n) is 1.99. The average molecular weight is 202 g/mol. The Hall–Kier alpha value is -0.640. The molecule has 2 fully saturated rings. The van der Waals surface area contributed by atoms with Crippen molar-refractivity contribution >= 4 is 5.91 Å². The molecule has 0 aromatic heterocycles. The van der Waals surface area contributed by atoms with E-state index in [0.29, 0.717) is 19.6 Å². The molecular formula is C10H19FN2O. The SMILES string of the molecule is CC.CC(=O)N1CCN(F)CC12CC2. The molecule has 1 amide bonds. The van der Waals surface area contributed by atoms with Gasteiger partial charge in [-0.05, 0) is 12.8 Å². The van der Waals surface area contributed by atoms with Gasteiger partial charge in [0.1, 0.15) is 0 Å². The minimum Gasteiger partial charge on any atom is -0.334 e. The van der Waals surface area contributed by atoms with Crippen LogP contribution in [0.3, 0.4) is 0 Å². The minimum absolute atomic E-state index is 0.0839. The number of amides is 1. The third-order valence-electron chi connectivity index (χ3n) is 2.81. The van der Waals surface area contributed by atoms with Crippen molar-refractivity contribution in [3.63, 3.8) is 0 Å². The molecule has 0 unspecified atom stereocenters. The van der Waals surface area contributed by atoms with Gasteiger partial charge >= 0.3 is 0 Å². The molecule has 2 aliphatic rings. The Labute approximate surface area is 84.8 Å². The molecule has 1 saturated heterocycles. The highest BCUT2D eigenvalue weighted by atomic mass is 19.2. The standard InChI is InChI=1S/C8H13FN2O.C2H6/c1-7(12)11-5-4-10(9)6-8(11)2-3-8;1-2/h2-6H2,1H3;1-2H3. The van der Waals surface area contributed by atoms with E-state index in [1.54, 1.807) is 6.92 Å². The number of carbonyl (C=O) groups excluding carboxylic acids is 1. The highest BCUT2D eigenvalue weighted by molar-refractivity contribution is 5.75. The highest BCUT2D eigenvalue weighted by Crippen LogP contribution is 2.44. The predicted molar refractivity (Wildman–Crippen MR) is 53.4 cm³/mol. The number of halogens is 1. The van der Waals surface area contributed by atoms with Gasteiger partial charge in [0.05, 0.1) is 12.1 Å². The molecule has 1 spiro atoms. The van der Waals surface area contributed by atoms with E-state index in [-0.39, 0.29) is 11.4 Å². The quantitative estimate of drug-likeness (QED) is 0.557. The number of carbonyl (C=O) groups is 1. The van der Waals surface area contributed by atoms with Gasteiger partial charge in [0.15, 0.2) is 0 Å². The summed E-state index contributed by atoms with van der Waals surface area (Å²) >= 11 is 0. The summed E-state index contributed by atoms with van der Waals surface area (Å²) in [5.41, 5.74) is -0.126. The molecule has 2 rings (SSSR count). The first kappa shape index (κ1) is 11.4. The van der Waals surface area contributed by atoms with Crippen LogP contribution in [0.5, 0.6) is 0 Å². The van der Waals surface area contributed by atoms with E-state index in [0.717, 1.165) is 18.0 Å². The number of rotatable bonds is 0. The lowest BCUT2D eigenvalue weighted by Crippen LogP contribution is -2.54. The van der Waals surface area contributed by atoms with Gasteiger partial charge in [-0.3, -0.25) is 4.79 Å². The normalized spacial score (nSPS) is 24.1. The molecule has 0 radical (unpaired) electrons. The third kappa shape index (κ3) is 2.05. The molecule has 3 nitrogen and oxygen atoms in total. The fourth-order valence-corrected chi connectivity index (χ4v) is 1.99. The van der Waals surface area contributed by atoms with Gasteiger partial charge in [-0.15, -0.1) is 9.60 Å². The van der Waals surface area contributed by atoms with Crippen molar-refractivity contribution in [2.75, 3.05) is 19.6 Å². The van der Waals surface area contributed by atoms with E-state index in [1.165, 1.54) is 0 Å². The van der Waals surface area contributed by atoms with E-state index >= 15 is 0 Å².